The summed E-state index contributed by atoms with van der Waals surface area (Å²) in [5, 5.41) is 1.27. The van der Waals surface area contributed by atoms with E-state index in [1.807, 2.05) is 12.1 Å². The van der Waals surface area contributed by atoms with Gasteiger partial charge in [-0.1, -0.05) is 35.3 Å². The number of likely N-dealkylation sites (N-methyl/N-ethyl adjacent to an activating group) is 1. The van der Waals surface area contributed by atoms with Crippen LogP contribution in [0.1, 0.15) is 24.1 Å². The summed E-state index contributed by atoms with van der Waals surface area (Å²) in [7, 11) is 0. The minimum atomic E-state index is 0.0491. The van der Waals surface area contributed by atoms with Crippen LogP contribution in [0.2, 0.25) is 10.0 Å². The lowest BCUT2D eigenvalue weighted by molar-refractivity contribution is 0.643. The third kappa shape index (κ3) is 3.91. The Kier molecular flexibility index (Phi) is 5.51. The third-order valence-electron chi connectivity index (χ3n) is 3.54. The molecule has 1 unspecified atom stereocenters. The Bertz CT molecular complexity index is 593. The number of halogens is 2. The highest BCUT2D eigenvalue weighted by Gasteiger charge is 2.19. The van der Waals surface area contributed by atoms with Gasteiger partial charge in [-0.25, -0.2) is 0 Å². The van der Waals surface area contributed by atoms with Crippen molar-refractivity contribution in [3.8, 4) is 0 Å². The number of nitrogens with zero attached hydrogens (tertiary/aromatic N) is 1. The lowest BCUT2D eigenvalue weighted by atomic mass is 10.0. The van der Waals surface area contributed by atoms with Crippen LogP contribution in [0.4, 0.5) is 5.69 Å². The average molecular weight is 323 g/mol. The summed E-state index contributed by atoms with van der Waals surface area (Å²) in [5.41, 5.74) is 9.45. The Balaban J connectivity index is 2.42. The molecule has 1 atom stereocenters. The van der Waals surface area contributed by atoms with Gasteiger partial charge in [-0.2, -0.15) is 0 Å². The van der Waals surface area contributed by atoms with Crippen molar-refractivity contribution in [2.75, 3.05) is 18.0 Å². The molecule has 0 aliphatic rings. The van der Waals surface area contributed by atoms with Gasteiger partial charge in [0.05, 0.1) is 6.04 Å². The molecule has 2 N–H and O–H groups in total. The monoisotopic (exact) mass is 322 g/mol. The Morgan fingerprint density at radius 3 is 2.29 bits per heavy atom. The summed E-state index contributed by atoms with van der Waals surface area (Å²) < 4.78 is 0. The molecule has 0 spiro atoms. The molecule has 0 radical (unpaired) electrons. The molecule has 4 heteroatoms. The second-order valence-corrected chi connectivity index (χ2v) is 5.95. The summed E-state index contributed by atoms with van der Waals surface area (Å²) in [6.07, 6.45) is 0. The first-order valence-electron chi connectivity index (χ1n) is 7.04. The Morgan fingerprint density at radius 1 is 1.10 bits per heavy atom. The van der Waals surface area contributed by atoms with Crippen molar-refractivity contribution >= 4 is 28.9 Å². The number of aryl methyl sites for hydroxylation is 1. The van der Waals surface area contributed by atoms with E-state index >= 15 is 0 Å². The molecule has 0 heterocycles. The summed E-state index contributed by atoms with van der Waals surface area (Å²) in [4.78, 5) is 2.27. The van der Waals surface area contributed by atoms with Gasteiger partial charge < -0.3 is 10.6 Å². The zero-order valence-electron chi connectivity index (χ0n) is 12.3. The van der Waals surface area contributed by atoms with Gasteiger partial charge >= 0.3 is 0 Å². The normalized spacial score (nSPS) is 12.2. The second kappa shape index (κ2) is 7.17. The number of benzene rings is 2. The SMILES string of the molecule is CCN(c1cccc(C)c1)C(CN)c1cc(Cl)cc(Cl)c1. The fourth-order valence-electron chi connectivity index (χ4n) is 2.60. The van der Waals surface area contributed by atoms with Crippen molar-refractivity contribution in [2.24, 2.45) is 5.73 Å². The van der Waals surface area contributed by atoms with Crippen LogP contribution in [0.3, 0.4) is 0 Å². The quantitative estimate of drug-likeness (QED) is 0.854. The van der Waals surface area contributed by atoms with Gasteiger partial charge in [0.25, 0.3) is 0 Å². The Morgan fingerprint density at radius 2 is 1.76 bits per heavy atom. The molecule has 112 valence electrons. The maximum absolute atomic E-state index is 6.13. The number of hydrogen-bond donors (Lipinski definition) is 1. The highest BCUT2D eigenvalue weighted by molar-refractivity contribution is 6.34. The van der Waals surface area contributed by atoms with Crippen LogP contribution in [0.25, 0.3) is 0 Å². The van der Waals surface area contributed by atoms with Gasteiger partial charge in [0, 0.05) is 28.8 Å². The molecule has 0 aliphatic heterocycles. The first kappa shape index (κ1) is 16.2. The summed E-state index contributed by atoms with van der Waals surface area (Å²) in [5.74, 6) is 0. The van der Waals surface area contributed by atoms with Gasteiger partial charge in [-0.15, -0.1) is 0 Å². The fraction of sp³-hybridized carbons (Fsp3) is 0.294. The highest BCUT2D eigenvalue weighted by Crippen LogP contribution is 2.30. The fourth-order valence-corrected chi connectivity index (χ4v) is 3.14. The van der Waals surface area contributed by atoms with E-state index in [4.69, 9.17) is 28.9 Å². The van der Waals surface area contributed by atoms with E-state index in [2.05, 4.69) is 43.0 Å². The minimum Gasteiger partial charge on any atom is -0.363 e. The van der Waals surface area contributed by atoms with E-state index in [1.165, 1.54) is 5.56 Å². The summed E-state index contributed by atoms with van der Waals surface area (Å²) in [6.45, 7) is 5.57. The summed E-state index contributed by atoms with van der Waals surface area (Å²) >= 11 is 12.3. The lowest BCUT2D eigenvalue weighted by Gasteiger charge is -2.33. The maximum atomic E-state index is 6.13. The van der Waals surface area contributed by atoms with Crippen molar-refractivity contribution in [1.82, 2.24) is 0 Å². The van der Waals surface area contributed by atoms with E-state index in [0.717, 1.165) is 17.8 Å². The molecule has 0 fully saturated rings. The van der Waals surface area contributed by atoms with Crippen LogP contribution in [0.15, 0.2) is 42.5 Å². The van der Waals surface area contributed by atoms with E-state index in [0.29, 0.717) is 16.6 Å². The lowest BCUT2D eigenvalue weighted by Crippen LogP contribution is -2.33. The van der Waals surface area contributed by atoms with Crippen molar-refractivity contribution in [1.29, 1.82) is 0 Å². The molecule has 2 aromatic carbocycles. The van der Waals surface area contributed by atoms with E-state index < -0.39 is 0 Å². The second-order valence-electron chi connectivity index (χ2n) is 5.08. The molecule has 0 bridgehead atoms. The van der Waals surface area contributed by atoms with Crippen LogP contribution >= 0.6 is 23.2 Å². The summed E-state index contributed by atoms with van der Waals surface area (Å²) in [6, 6.07) is 14.1. The van der Waals surface area contributed by atoms with Gasteiger partial charge in [0.2, 0.25) is 0 Å². The van der Waals surface area contributed by atoms with Gasteiger partial charge in [-0.3, -0.25) is 0 Å². The van der Waals surface area contributed by atoms with Crippen LogP contribution in [0, 0.1) is 6.92 Å². The predicted octanol–water partition coefficient (Wildman–Crippen LogP) is 4.83. The van der Waals surface area contributed by atoms with E-state index in [9.17, 15) is 0 Å². The molecular formula is C17H20Cl2N2. The van der Waals surface area contributed by atoms with Crippen molar-refractivity contribution in [2.45, 2.75) is 19.9 Å². The molecule has 2 rings (SSSR count). The first-order chi connectivity index (χ1) is 10.0. The third-order valence-corrected chi connectivity index (χ3v) is 3.98. The van der Waals surface area contributed by atoms with Crippen molar-refractivity contribution in [3.63, 3.8) is 0 Å². The standard InChI is InChI=1S/C17H20Cl2N2/c1-3-21(16-6-4-5-12(2)7-16)17(11-20)13-8-14(18)10-15(19)9-13/h4-10,17H,3,11,20H2,1-2H3. The van der Waals surface area contributed by atoms with E-state index in [1.54, 1.807) is 6.07 Å². The Labute approximate surface area is 136 Å². The molecule has 0 saturated heterocycles. The Hall–Kier alpha value is -1.22. The van der Waals surface area contributed by atoms with Gasteiger partial charge in [0.15, 0.2) is 0 Å². The molecule has 21 heavy (non-hydrogen) atoms. The zero-order chi connectivity index (χ0) is 15.4. The number of rotatable bonds is 5. The van der Waals surface area contributed by atoms with Crippen LogP contribution in [-0.2, 0) is 0 Å². The molecule has 2 aromatic rings. The number of nitrogens with two attached hydrogens (primary N) is 1. The number of hydrogen-bond acceptors (Lipinski definition) is 2. The zero-order valence-corrected chi connectivity index (χ0v) is 13.8. The highest BCUT2D eigenvalue weighted by atomic mass is 35.5. The van der Waals surface area contributed by atoms with Crippen LogP contribution < -0.4 is 10.6 Å². The molecule has 2 nitrogen and oxygen atoms in total. The largest absolute Gasteiger partial charge is 0.363 e. The average Bonchev–Trinajstić information content (AvgIpc) is 2.43. The molecule has 0 saturated carbocycles. The van der Waals surface area contributed by atoms with Crippen LogP contribution in [-0.4, -0.2) is 13.1 Å². The predicted molar refractivity (Wildman–Crippen MR) is 92.5 cm³/mol. The maximum Gasteiger partial charge on any atom is 0.0665 e. The topological polar surface area (TPSA) is 29.3 Å². The smallest absolute Gasteiger partial charge is 0.0665 e. The minimum absolute atomic E-state index is 0.0491. The van der Waals surface area contributed by atoms with Crippen LogP contribution in [0.5, 0.6) is 0 Å². The molecule has 0 aliphatic carbocycles. The van der Waals surface area contributed by atoms with E-state index in [-0.39, 0.29) is 6.04 Å². The molecule has 0 amide bonds. The molecular weight excluding hydrogens is 303 g/mol. The number of anilines is 1. The van der Waals surface area contributed by atoms with Gasteiger partial charge in [-0.05, 0) is 55.3 Å². The van der Waals surface area contributed by atoms with Crippen molar-refractivity contribution < 1.29 is 0 Å². The molecule has 0 aromatic heterocycles. The van der Waals surface area contributed by atoms with Gasteiger partial charge in [0.1, 0.15) is 0 Å². The first-order valence-corrected chi connectivity index (χ1v) is 7.80. The van der Waals surface area contributed by atoms with Crippen molar-refractivity contribution in [3.05, 3.63) is 63.6 Å².